The summed E-state index contributed by atoms with van der Waals surface area (Å²) in [5.74, 6) is -1.78. The molecule has 20 heavy (non-hydrogen) atoms. The number of carbonyl (C=O) groups excluding carboxylic acids is 2. The number of benzene rings is 1. The molecule has 6 nitrogen and oxygen atoms in total. The minimum atomic E-state index is -0.886. The highest BCUT2D eigenvalue weighted by Crippen LogP contribution is 2.18. The maximum atomic E-state index is 11.7. The second kappa shape index (κ2) is 6.03. The van der Waals surface area contributed by atoms with Gasteiger partial charge in [0.2, 0.25) is 0 Å². The Morgan fingerprint density at radius 1 is 1.10 bits per heavy atom. The van der Waals surface area contributed by atoms with Gasteiger partial charge in [0, 0.05) is 18.0 Å². The Kier molecular flexibility index (Phi) is 4.17. The second-order valence-corrected chi connectivity index (χ2v) is 4.16. The van der Waals surface area contributed by atoms with Crippen molar-refractivity contribution in [1.29, 1.82) is 0 Å². The zero-order chi connectivity index (χ0) is 14.5. The van der Waals surface area contributed by atoms with Crippen molar-refractivity contribution in [2.24, 2.45) is 0 Å². The van der Waals surface area contributed by atoms with E-state index in [1.165, 1.54) is 24.4 Å². The number of hydrogen-bond donors (Lipinski definition) is 3. The van der Waals surface area contributed by atoms with Crippen molar-refractivity contribution in [3.8, 4) is 5.75 Å². The molecule has 0 spiro atoms. The van der Waals surface area contributed by atoms with E-state index in [1.54, 1.807) is 18.2 Å². The molecule has 0 saturated heterocycles. The summed E-state index contributed by atoms with van der Waals surface area (Å²) in [5, 5.41) is 14.0. The van der Waals surface area contributed by atoms with Crippen LogP contribution in [-0.2, 0) is 9.59 Å². The third-order valence-electron chi connectivity index (χ3n) is 2.32. The predicted octanol–water partition coefficient (Wildman–Crippen LogP) is 2.02. The Labute approximate surface area is 119 Å². The van der Waals surface area contributed by atoms with E-state index < -0.39 is 11.8 Å². The van der Waals surface area contributed by atoms with Crippen molar-refractivity contribution >= 4 is 34.8 Å². The van der Waals surface area contributed by atoms with Gasteiger partial charge in [-0.1, -0.05) is 17.7 Å². The Morgan fingerprint density at radius 3 is 2.55 bits per heavy atom. The Hall–Kier alpha value is -2.60. The molecule has 2 rings (SSSR count). The first-order valence-corrected chi connectivity index (χ1v) is 5.96. The number of nitrogens with zero attached hydrogens (tertiary/aromatic N) is 1. The van der Waals surface area contributed by atoms with E-state index in [1.807, 2.05) is 0 Å². The summed E-state index contributed by atoms with van der Waals surface area (Å²) in [6.07, 6.45) is 1.46. The number of amides is 2. The molecule has 1 aromatic heterocycles. The zero-order valence-corrected chi connectivity index (χ0v) is 10.9. The molecule has 0 radical (unpaired) electrons. The third kappa shape index (κ3) is 3.46. The van der Waals surface area contributed by atoms with Gasteiger partial charge in [-0.15, -0.1) is 0 Å². The van der Waals surface area contributed by atoms with Crippen LogP contribution in [0, 0.1) is 0 Å². The fraction of sp³-hybridized carbons (Fsp3) is 0. The number of aromatic nitrogens is 1. The standard InChI is InChI=1S/C13H10ClN3O3/c14-11-10(5-2-6-15-11)17-13(20)12(19)16-8-3-1-4-9(18)7-8/h1-7,18H,(H,16,19)(H,17,20). The van der Waals surface area contributed by atoms with Crippen LogP contribution in [0.5, 0.6) is 5.75 Å². The fourth-order valence-corrected chi connectivity index (χ4v) is 1.60. The van der Waals surface area contributed by atoms with Crippen molar-refractivity contribution in [3.05, 3.63) is 47.7 Å². The molecule has 2 amide bonds. The third-order valence-corrected chi connectivity index (χ3v) is 2.62. The van der Waals surface area contributed by atoms with Gasteiger partial charge in [-0.25, -0.2) is 4.98 Å². The number of rotatable bonds is 2. The lowest BCUT2D eigenvalue weighted by Gasteiger charge is -2.07. The Bertz CT molecular complexity index is 661. The number of phenols is 1. The molecule has 0 fully saturated rings. The number of nitrogens with one attached hydrogen (secondary N) is 2. The highest BCUT2D eigenvalue weighted by molar-refractivity contribution is 6.44. The smallest absolute Gasteiger partial charge is 0.314 e. The summed E-state index contributed by atoms with van der Waals surface area (Å²) in [6, 6.07) is 8.96. The molecule has 2 aromatic rings. The molecular formula is C13H10ClN3O3. The first-order valence-electron chi connectivity index (χ1n) is 5.58. The number of hydrogen-bond acceptors (Lipinski definition) is 4. The van der Waals surface area contributed by atoms with Crippen LogP contribution in [0.3, 0.4) is 0 Å². The minimum absolute atomic E-state index is 0.0153. The fourth-order valence-electron chi connectivity index (χ4n) is 1.43. The van der Waals surface area contributed by atoms with Gasteiger partial charge >= 0.3 is 11.8 Å². The Morgan fingerprint density at radius 2 is 1.85 bits per heavy atom. The van der Waals surface area contributed by atoms with Crippen LogP contribution < -0.4 is 10.6 Å². The van der Waals surface area contributed by atoms with E-state index in [0.29, 0.717) is 5.69 Å². The van der Waals surface area contributed by atoms with Gasteiger partial charge in [0.1, 0.15) is 5.75 Å². The predicted molar refractivity (Wildman–Crippen MR) is 74.6 cm³/mol. The molecule has 0 saturated carbocycles. The maximum Gasteiger partial charge on any atom is 0.314 e. The lowest BCUT2D eigenvalue weighted by atomic mass is 10.3. The number of pyridine rings is 1. The van der Waals surface area contributed by atoms with Crippen LogP contribution in [0.25, 0.3) is 0 Å². The van der Waals surface area contributed by atoms with Crippen molar-refractivity contribution in [2.45, 2.75) is 0 Å². The minimum Gasteiger partial charge on any atom is -0.508 e. The number of anilines is 2. The van der Waals surface area contributed by atoms with E-state index in [2.05, 4.69) is 15.6 Å². The molecule has 7 heteroatoms. The van der Waals surface area contributed by atoms with Crippen LogP contribution in [0.4, 0.5) is 11.4 Å². The first-order chi connectivity index (χ1) is 9.56. The summed E-state index contributed by atoms with van der Waals surface area (Å²) < 4.78 is 0. The highest BCUT2D eigenvalue weighted by Gasteiger charge is 2.15. The van der Waals surface area contributed by atoms with E-state index in [0.717, 1.165) is 0 Å². The Balaban J connectivity index is 2.03. The average molecular weight is 292 g/mol. The van der Waals surface area contributed by atoms with Gasteiger partial charge in [0.05, 0.1) is 5.69 Å². The van der Waals surface area contributed by atoms with Gasteiger partial charge in [-0.3, -0.25) is 9.59 Å². The van der Waals surface area contributed by atoms with Crippen LogP contribution >= 0.6 is 11.6 Å². The average Bonchev–Trinajstić information content (AvgIpc) is 2.41. The van der Waals surface area contributed by atoms with Gasteiger partial charge < -0.3 is 15.7 Å². The quantitative estimate of drug-likeness (QED) is 0.583. The lowest BCUT2D eigenvalue weighted by molar-refractivity contribution is -0.133. The van der Waals surface area contributed by atoms with E-state index in [-0.39, 0.29) is 16.6 Å². The van der Waals surface area contributed by atoms with Gasteiger partial charge in [0.15, 0.2) is 5.15 Å². The van der Waals surface area contributed by atoms with Crippen LogP contribution in [0.1, 0.15) is 0 Å². The number of halogens is 1. The van der Waals surface area contributed by atoms with E-state index in [4.69, 9.17) is 11.6 Å². The second-order valence-electron chi connectivity index (χ2n) is 3.80. The largest absolute Gasteiger partial charge is 0.508 e. The molecule has 0 bridgehead atoms. The van der Waals surface area contributed by atoms with E-state index in [9.17, 15) is 14.7 Å². The SMILES string of the molecule is O=C(Nc1cccc(O)c1)C(=O)Nc1cccnc1Cl. The topological polar surface area (TPSA) is 91.3 Å². The molecular weight excluding hydrogens is 282 g/mol. The molecule has 0 unspecified atom stereocenters. The van der Waals surface area contributed by atoms with Crippen LogP contribution in [0.2, 0.25) is 5.15 Å². The van der Waals surface area contributed by atoms with Gasteiger partial charge in [0.25, 0.3) is 0 Å². The van der Waals surface area contributed by atoms with Crippen molar-refractivity contribution < 1.29 is 14.7 Å². The number of aromatic hydroxyl groups is 1. The van der Waals surface area contributed by atoms with E-state index >= 15 is 0 Å². The van der Waals surface area contributed by atoms with Crippen LogP contribution in [-0.4, -0.2) is 21.9 Å². The molecule has 0 aliphatic heterocycles. The molecule has 1 aromatic carbocycles. The van der Waals surface area contributed by atoms with Crippen molar-refractivity contribution in [2.75, 3.05) is 10.6 Å². The van der Waals surface area contributed by atoms with Crippen molar-refractivity contribution in [3.63, 3.8) is 0 Å². The summed E-state index contributed by atoms with van der Waals surface area (Å²) in [7, 11) is 0. The normalized spacial score (nSPS) is 9.85. The molecule has 0 aliphatic rings. The zero-order valence-electron chi connectivity index (χ0n) is 10.1. The summed E-state index contributed by atoms with van der Waals surface area (Å²) in [6.45, 7) is 0. The van der Waals surface area contributed by atoms with Crippen LogP contribution in [0.15, 0.2) is 42.6 Å². The van der Waals surface area contributed by atoms with Gasteiger partial charge in [-0.2, -0.15) is 0 Å². The van der Waals surface area contributed by atoms with Crippen molar-refractivity contribution in [1.82, 2.24) is 4.98 Å². The van der Waals surface area contributed by atoms with Gasteiger partial charge in [-0.05, 0) is 24.3 Å². The number of carbonyl (C=O) groups is 2. The molecule has 0 atom stereocenters. The summed E-state index contributed by atoms with van der Waals surface area (Å²) in [5.41, 5.74) is 0.549. The number of phenolic OH excluding ortho intramolecular Hbond substituents is 1. The maximum absolute atomic E-state index is 11.7. The monoisotopic (exact) mass is 291 g/mol. The lowest BCUT2D eigenvalue weighted by Crippen LogP contribution is -2.29. The molecule has 102 valence electrons. The first kappa shape index (κ1) is 13.8. The molecule has 0 aliphatic carbocycles. The summed E-state index contributed by atoms with van der Waals surface area (Å²) in [4.78, 5) is 27.1. The highest BCUT2D eigenvalue weighted by atomic mass is 35.5. The molecule has 3 N–H and O–H groups in total. The molecule has 1 heterocycles. The summed E-state index contributed by atoms with van der Waals surface area (Å²) >= 11 is 5.76.